The van der Waals surface area contributed by atoms with E-state index in [1.165, 1.54) is 141 Å². The SMILES string of the molecule is CCCCCCCCCOC(=O)CCCCCCCCCN(CCCCCCCCCC(=O)OCCCCCCCCC)CCN(Cc1ccccn1)Cc1ccccn1. The van der Waals surface area contributed by atoms with Gasteiger partial charge in [-0.3, -0.25) is 24.5 Å². The lowest BCUT2D eigenvalue weighted by Crippen LogP contribution is -2.36. The lowest BCUT2D eigenvalue weighted by Gasteiger charge is -2.27. The number of esters is 2. The van der Waals surface area contributed by atoms with Crippen LogP contribution in [-0.2, 0) is 32.2 Å². The van der Waals surface area contributed by atoms with E-state index in [1.54, 1.807) is 0 Å². The molecule has 0 radical (unpaired) electrons. The van der Waals surface area contributed by atoms with Gasteiger partial charge in [0.2, 0.25) is 0 Å². The molecule has 8 heteroatoms. The number of hydrogen-bond donors (Lipinski definition) is 0. The summed E-state index contributed by atoms with van der Waals surface area (Å²) < 4.78 is 10.9. The van der Waals surface area contributed by atoms with Crippen molar-refractivity contribution in [2.24, 2.45) is 0 Å². The third kappa shape index (κ3) is 32.9. The highest BCUT2D eigenvalue weighted by Gasteiger charge is 2.13. The summed E-state index contributed by atoms with van der Waals surface area (Å²) in [5.41, 5.74) is 2.20. The fourth-order valence-corrected chi connectivity index (χ4v) is 7.89. The van der Waals surface area contributed by atoms with Crippen LogP contribution in [0.2, 0.25) is 0 Å². The topological polar surface area (TPSA) is 84.9 Å². The van der Waals surface area contributed by atoms with E-state index in [0.717, 1.165) is 89.2 Å². The summed E-state index contributed by atoms with van der Waals surface area (Å²) in [5, 5.41) is 0. The monoisotopic (exact) mass is 835 g/mol. The molecule has 0 bridgehead atoms. The van der Waals surface area contributed by atoms with Gasteiger partial charge in [0.25, 0.3) is 0 Å². The number of carbonyl (C=O) groups excluding carboxylic acids is 2. The first-order valence-electron chi connectivity index (χ1n) is 25.2. The minimum atomic E-state index is -0.0113. The number of unbranched alkanes of at least 4 members (excludes halogenated alkanes) is 24. The van der Waals surface area contributed by atoms with Crippen LogP contribution in [0.1, 0.15) is 218 Å². The van der Waals surface area contributed by atoms with Crippen molar-refractivity contribution in [1.82, 2.24) is 19.8 Å². The van der Waals surface area contributed by atoms with Crippen LogP contribution in [0.25, 0.3) is 0 Å². The predicted octanol–water partition coefficient (Wildman–Crippen LogP) is 13.6. The summed E-state index contributed by atoms with van der Waals surface area (Å²) in [5.74, 6) is -0.0227. The molecule has 0 saturated heterocycles. The van der Waals surface area contributed by atoms with Gasteiger partial charge in [-0.2, -0.15) is 0 Å². The van der Waals surface area contributed by atoms with E-state index < -0.39 is 0 Å². The van der Waals surface area contributed by atoms with E-state index in [4.69, 9.17) is 9.47 Å². The molecule has 0 atom stereocenters. The molecule has 0 aliphatic rings. The van der Waals surface area contributed by atoms with E-state index in [1.807, 2.05) is 24.5 Å². The summed E-state index contributed by atoms with van der Waals surface area (Å²) in [6, 6.07) is 12.4. The summed E-state index contributed by atoms with van der Waals surface area (Å²) in [6.07, 6.45) is 38.8. The van der Waals surface area contributed by atoms with E-state index in [0.29, 0.717) is 26.1 Å². The van der Waals surface area contributed by atoms with Gasteiger partial charge in [0.1, 0.15) is 0 Å². The highest BCUT2D eigenvalue weighted by atomic mass is 16.5. The van der Waals surface area contributed by atoms with Gasteiger partial charge in [-0.05, 0) is 75.9 Å². The van der Waals surface area contributed by atoms with Gasteiger partial charge in [0.15, 0.2) is 0 Å². The van der Waals surface area contributed by atoms with Gasteiger partial charge >= 0.3 is 11.9 Å². The summed E-state index contributed by atoms with van der Waals surface area (Å²) in [6.45, 7) is 11.6. The van der Waals surface area contributed by atoms with Crippen LogP contribution in [0.3, 0.4) is 0 Å². The van der Waals surface area contributed by atoms with Crippen molar-refractivity contribution < 1.29 is 19.1 Å². The fourth-order valence-electron chi connectivity index (χ4n) is 7.89. The van der Waals surface area contributed by atoms with Crippen molar-refractivity contribution in [3.8, 4) is 0 Å². The lowest BCUT2D eigenvalue weighted by molar-refractivity contribution is -0.144. The van der Waals surface area contributed by atoms with Crippen LogP contribution in [0, 0.1) is 0 Å². The Morgan fingerprint density at radius 3 is 1.15 bits per heavy atom. The largest absolute Gasteiger partial charge is 0.466 e. The van der Waals surface area contributed by atoms with Crippen molar-refractivity contribution >= 4 is 11.9 Å². The smallest absolute Gasteiger partial charge is 0.305 e. The average molecular weight is 835 g/mol. The molecule has 8 nitrogen and oxygen atoms in total. The van der Waals surface area contributed by atoms with Gasteiger partial charge in [-0.1, -0.05) is 167 Å². The first kappa shape index (κ1) is 53.3. The van der Waals surface area contributed by atoms with Crippen molar-refractivity contribution in [1.29, 1.82) is 0 Å². The second kappa shape index (κ2) is 40.2. The lowest BCUT2D eigenvalue weighted by atomic mass is 10.1. The summed E-state index contributed by atoms with van der Waals surface area (Å²) in [7, 11) is 0. The number of rotatable bonds is 43. The molecule has 0 amide bonds. The van der Waals surface area contributed by atoms with Crippen molar-refractivity contribution in [2.75, 3.05) is 39.4 Å². The molecular weight excluding hydrogens is 745 g/mol. The van der Waals surface area contributed by atoms with Crippen LogP contribution in [0.5, 0.6) is 0 Å². The number of aromatic nitrogens is 2. The van der Waals surface area contributed by atoms with Gasteiger partial charge < -0.3 is 14.4 Å². The Morgan fingerprint density at radius 1 is 0.417 bits per heavy atom. The molecule has 0 unspecified atom stereocenters. The number of hydrogen-bond acceptors (Lipinski definition) is 8. The molecule has 0 aliphatic heterocycles. The van der Waals surface area contributed by atoms with E-state index >= 15 is 0 Å². The zero-order valence-electron chi connectivity index (χ0n) is 38.9. The number of pyridine rings is 2. The third-order valence-corrected chi connectivity index (χ3v) is 11.7. The Hall–Kier alpha value is -2.84. The molecule has 0 fully saturated rings. The number of carbonyl (C=O) groups is 2. The molecule has 0 saturated carbocycles. The summed E-state index contributed by atoms with van der Waals surface area (Å²) in [4.78, 5) is 38.7. The van der Waals surface area contributed by atoms with Crippen molar-refractivity contribution in [2.45, 2.75) is 220 Å². The number of ether oxygens (including phenoxy) is 2. The Kier molecular flexibility index (Phi) is 35.7. The second-order valence-electron chi connectivity index (χ2n) is 17.3. The second-order valence-corrected chi connectivity index (χ2v) is 17.3. The Bertz CT molecular complexity index is 1140. The molecule has 2 heterocycles. The maximum absolute atomic E-state index is 12.1. The molecule has 2 aromatic heterocycles. The minimum Gasteiger partial charge on any atom is -0.466 e. The van der Waals surface area contributed by atoms with E-state index in [9.17, 15) is 9.59 Å². The summed E-state index contributed by atoms with van der Waals surface area (Å²) >= 11 is 0. The molecule has 342 valence electrons. The predicted molar refractivity (Wildman–Crippen MR) is 251 cm³/mol. The van der Waals surface area contributed by atoms with Crippen LogP contribution >= 0.6 is 0 Å². The molecule has 0 N–H and O–H groups in total. The highest BCUT2D eigenvalue weighted by Crippen LogP contribution is 2.15. The molecule has 0 spiro atoms. The zero-order valence-corrected chi connectivity index (χ0v) is 38.9. The average Bonchev–Trinajstić information content (AvgIpc) is 3.26. The number of nitrogens with zero attached hydrogens (tertiary/aromatic N) is 4. The molecular formula is C52H90N4O4. The third-order valence-electron chi connectivity index (χ3n) is 11.7. The standard InChI is InChI=1S/C52H90N4O4/c1-3-5-7-9-17-23-33-45-59-51(57)37-25-19-13-11-15-21-31-41-55(43-44-56(47-49-35-27-29-39-53-49)48-50-36-28-30-40-54-50)42-32-22-16-12-14-20-26-38-52(58)60-46-34-24-18-10-8-6-4-2/h27-30,35-36,39-40H,3-26,31-34,37-38,41-48H2,1-2H3. The molecule has 0 aromatic carbocycles. The van der Waals surface area contributed by atoms with Crippen LogP contribution in [0.4, 0.5) is 0 Å². The van der Waals surface area contributed by atoms with Gasteiger partial charge in [0.05, 0.1) is 24.6 Å². The minimum absolute atomic E-state index is 0.0113. The highest BCUT2D eigenvalue weighted by molar-refractivity contribution is 5.69. The quantitative estimate of drug-likeness (QED) is 0.0482. The first-order chi connectivity index (χ1) is 29.6. The first-order valence-corrected chi connectivity index (χ1v) is 25.2. The molecule has 60 heavy (non-hydrogen) atoms. The van der Waals surface area contributed by atoms with Crippen molar-refractivity contribution in [3.05, 3.63) is 60.2 Å². The Labute approximate surface area is 368 Å². The maximum atomic E-state index is 12.1. The maximum Gasteiger partial charge on any atom is 0.305 e. The Balaban J connectivity index is 1.65. The van der Waals surface area contributed by atoms with Crippen molar-refractivity contribution in [3.63, 3.8) is 0 Å². The van der Waals surface area contributed by atoms with Crippen LogP contribution in [0.15, 0.2) is 48.8 Å². The molecule has 2 aromatic rings. The van der Waals surface area contributed by atoms with Gasteiger partial charge in [0, 0.05) is 51.4 Å². The molecule has 0 aliphatic carbocycles. The van der Waals surface area contributed by atoms with E-state index in [2.05, 4.69) is 57.9 Å². The Morgan fingerprint density at radius 2 is 0.767 bits per heavy atom. The van der Waals surface area contributed by atoms with Gasteiger partial charge in [-0.15, -0.1) is 0 Å². The van der Waals surface area contributed by atoms with Crippen LogP contribution in [-0.4, -0.2) is 71.1 Å². The fraction of sp³-hybridized carbons (Fsp3) is 0.769. The van der Waals surface area contributed by atoms with E-state index in [-0.39, 0.29) is 11.9 Å². The zero-order chi connectivity index (χ0) is 42.8. The van der Waals surface area contributed by atoms with Gasteiger partial charge in [-0.25, -0.2) is 0 Å². The molecule has 2 rings (SSSR count). The normalized spacial score (nSPS) is 11.5. The van der Waals surface area contributed by atoms with Crippen LogP contribution < -0.4 is 0 Å².